The van der Waals surface area contributed by atoms with E-state index < -0.39 is 0 Å². The lowest BCUT2D eigenvalue weighted by Gasteiger charge is -2.25. The van der Waals surface area contributed by atoms with Crippen molar-refractivity contribution in [2.75, 3.05) is 0 Å². The van der Waals surface area contributed by atoms with Gasteiger partial charge in [-0.05, 0) is 89.0 Å². The Balaban J connectivity index is 1.09. The van der Waals surface area contributed by atoms with E-state index >= 15 is 0 Å². The maximum Gasteiger partial charge on any atom is 0.161 e. The molecule has 1 heterocycles. The monoisotopic (exact) mass is 726 g/mol. The van der Waals surface area contributed by atoms with Gasteiger partial charge in [0.05, 0.1) is 11.4 Å². The zero-order valence-corrected chi connectivity index (χ0v) is 31.9. The van der Waals surface area contributed by atoms with Crippen LogP contribution >= 0.6 is 0 Å². The molecular weight excluding hydrogens is 689 g/mol. The molecule has 1 aliphatic carbocycles. The van der Waals surface area contributed by atoms with Gasteiger partial charge >= 0.3 is 0 Å². The van der Waals surface area contributed by atoms with E-state index in [-0.39, 0.29) is 5.41 Å². The normalized spacial score (nSPS) is 12.9. The molecule has 0 saturated heterocycles. The van der Waals surface area contributed by atoms with E-state index in [4.69, 9.17) is 9.97 Å². The lowest BCUT2D eigenvalue weighted by molar-refractivity contribution is 0.662. The molecule has 9 aromatic carbocycles. The Hall–Kier alpha value is -7.16. The molecule has 2 nitrogen and oxygen atoms in total. The zero-order chi connectivity index (χ0) is 38.1. The van der Waals surface area contributed by atoms with Crippen LogP contribution in [0.5, 0.6) is 0 Å². The molecule has 0 bridgehead atoms. The molecule has 0 saturated carbocycles. The summed E-state index contributed by atoms with van der Waals surface area (Å²) in [5.74, 6) is 0.715. The van der Waals surface area contributed by atoms with Crippen LogP contribution in [0.15, 0.2) is 194 Å². The summed E-state index contributed by atoms with van der Waals surface area (Å²) >= 11 is 0. The highest BCUT2D eigenvalue weighted by atomic mass is 14.9. The number of nitrogens with zero attached hydrogens (tertiary/aromatic N) is 2. The second-order valence-corrected chi connectivity index (χ2v) is 15.7. The maximum atomic E-state index is 5.21. The molecule has 1 aromatic heterocycles. The first-order valence-electron chi connectivity index (χ1n) is 19.8. The molecule has 0 fully saturated rings. The first-order chi connectivity index (χ1) is 28.0. The summed E-state index contributed by atoms with van der Waals surface area (Å²) in [7, 11) is 0. The Morgan fingerprint density at radius 1 is 0.351 bits per heavy atom. The van der Waals surface area contributed by atoms with Crippen LogP contribution in [0, 0.1) is 0 Å². The smallest absolute Gasteiger partial charge is 0.161 e. The van der Waals surface area contributed by atoms with Crippen molar-refractivity contribution < 1.29 is 0 Å². The van der Waals surface area contributed by atoms with E-state index in [0.29, 0.717) is 5.82 Å². The third-order valence-electron chi connectivity index (χ3n) is 12.1. The Morgan fingerprint density at radius 3 is 1.39 bits per heavy atom. The molecule has 57 heavy (non-hydrogen) atoms. The molecule has 0 N–H and O–H groups in total. The third kappa shape index (κ3) is 5.25. The maximum absolute atomic E-state index is 5.21. The highest BCUT2D eigenvalue weighted by molar-refractivity contribution is 6.13. The van der Waals surface area contributed by atoms with Gasteiger partial charge in [-0.25, -0.2) is 9.97 Å². The summed E-state index contributed by atoms with van der Waals surface area (Å²) in [5.41, 5.74) is 15.3. The largest absolute Gasteiger partial charge is 0.228 e. The van der Waals surface area contributed by atoms with Gasteiger partial charge in [-0.3, -0.25) is 0 Å². The lowest BCUT2D eigenvalue weighted by Crippen LogP contribution is -2.16. The van der Waals surface area contributed by atoms with Crippen molar-refractivity contribution in [3.63, 3.8) is 0 Å². The van der Waals surface area contributed by atoms with E-state index in [0.717, 1.165) is 33.5 Å². The second kappa shape index (κ2) is 13.0. The molecule has 2 heteroatoms. The fourth-order valence-corrected chi connectivity index (χ4v) is 9.45. The zero-order valence-electron chi connectivity index (χ0n) is 31.9. The van der Waals surface area contributed by atoms with Crippen molar-refractivity contribution in [1.29, 1.82) is 0 Å². The molecule has 268 valence electrons. The minimum atomic E-state index is -0.155. The first-order valence-corrected chi connectivity index (χ1v) is 19.8. The number of hydrogen-bond acceptors (Lipinski definition) is 2. The Kier molecular flexibility index (Phi) is 7.55. The van der Waals surface area contributed by atoms with Gasteiger partial charge in [0.15, 0.2) is 5.82 Å². The highest BCUT2D eigenvalue weighted by Gasteiger charge is 2.38. The average molecular weight is 727 g/mol. The standard InChI is InChI=1S/C55H38N2/c1-55(2)49-33-28-35-16-9-10-21-38(35)52(49)48-27-15-26-46(53(48)55)45-30-29-43(39-22-11-12-23-40(39)45)44-31-32-47(42-25-14-13-24-41(42)44)54-56-50(36-17-5-3-6-18-36)34-51(57-54)37-19-7-4-8-20-37/h3-34H,1-2H3. The van der Waals surface area contributed by atoms with Crippen molar-refractivity contribution in [1.82, 2.24) is 9.97 Å². The molecule has 0 aliphatic heterocycles. The molecule has 10 aromatic rings. The van der Waals surface area contributed by atoms with E-state index in [2.05, 4.69) is 196 Å². The van der Waals surface area contributed by atoms with Gasteiger partial charge in [0.25, 0.3) is 0 Å². The molecule has 0 spiro atoms. The van der Waals surface area contributed by atoms with Crippen molar-refractivity contribution in [2.24, 2.45) is 0 Å². The van der Waals surface area contributed by atoms with Crippen molar-refractivity contribution in [3.8, 4) is 67.3 Å². The molecular formula is C55H38N2. The van der Waals surface area contributed by atoms with Gasteiger partial charge in [0.1, 0.15) is 0 Å². The number of hydrogen-bond donors (Lipinski definition) is 0. The minimum absolute atomic E-state index is 0.155. The lowest BCUT2D eigenvalue weighted by atomic mass is 9.78. The van der Waals surface area contributed by atoms with Crippen LogP contribution in [-0.4, -0.2) is 9.97 Å². The Labute approximate surface area is 332 Å². The molecule has 0 unspecified atom stereocenters. The summed E-state index contributed by atoms with van der Waals surface area (Å²) in [6.45, 7) is 4.78. The van der Waals surface area contributed by atoms with Crippen LogP contribution in [-0.2, 0) is 5.41 Å². The van der Waals surface area contributed by atoms with E-state index in [9.17, 15) is 0 Å². The van der Waals surface area contributed by atoms with Gasteiger partial charge < -0.3 is 0 Å². The summed E-state index contributed by atoms with van der Waals surface area (Å²) in [6.07, 6.45) is 0. The van der Waals surface area contributed by atoms with Crippen molar-refractivity contribution in [2.45, 2.75) is 19.3 Å². The molecule has 0 amide bonds. The molecule has 11 rings (SSSR count). The van der Waals surface area contributed by atoms with E-state index in [1.54, 1.807) is 0 Å². The van der Waals surface area contributed by atoms with E-state index in [1.807, 2.05) is 12.1 Å². The quantitative estimate of drug-likeness (QED) is 0.176. The van der Waals surface area contributed by atoms with Crippen LogP contribution in [0.25, 0.3) is 99.6 Å². The van der Waals surface area contributed by atoms with E-state index in [1.165, 1.54) is 71.4 Å². The SMILES string of the molecule is CC1(C)c2ccc3ccccc3c2-c2cccc(-c3ccc(-c4ccc(-c5nc(-c6ccccc6)cc(-c6ccccc6)n5)c5ccccc45)c4ccccc34)c21. The third-order valence-corrected chi connectivity index (χ3v) is 12.1. The topological polar surface area (TPSA) is 25.8 Å². The summed E-state index contributed by atoms with van der Waals surface area (Å²) < 4.78 is 0. The Bertz CT molecular complexity index is 3140. The summed E-state index contributed by atoms with van der Waals surface area (Å²) in [6, 6.07) is 70.0. The average Bonchev–Trinajstić information content (AvgIpc) is 3.52. The van der Waals surface area contributed by atoms with Crippen LogP contribution in [0.1, 0.15) is 25.0 Å². The Morgan fingerprint density at radius 2 is 0.807 bits per heavy atom. The highest BCUT2D eigenvalue weighted by Crippen LogP contribution is 2.55. The van der Waals surface area contributed by atoms with Crippen molar-refractivity contribution in [3.05, 3.63) is 205 Å². The second-order valence-electron chi connectivity index (χ2n) is 15.7. The molecule has 0 atom stereocenters. The van der Waals surface area contributed by atoms with Gasteiger partial charge in [-0.2, -0.15) is 0 Å². The predicted octanol–water partition coefficient (Wildman–Crippen LogP) is 14.6. The number of fused-ring (bicyclic) bond motifs is 7. The number of aromatic nitrogens is 2. The van der Waals surface area contributed by atoms with Crippen LogP contribution < -0.4 is 0 Å². The van der Waals surface area contributed by atoms with Crippen LogP contribution in [0.3, 0.4) is 0 Å². The van der Waals surface area contributed by atoms with Gasteiger partial charge in [-0.1, -0.05) is 196 Å². The number of benzene rings is 9. The van der Waals surface area contributed by atoms with Crippen LogP contribution in [0.4, 0.5) is 0 Å². The molecule has 0 radical (unpaired) electrons. The first kappa shape index (κ1) is 33.2. The van der Waals surface area contributed by atoms with Gasteiger partial charge in [0, 0.05) is 22.1 Å². The molecule has 1 aliphatic rings. The van der Waals surface area contributed by atoms with Gasteiger partial charge in [-0.15, -0.1) is 0 Å². The summed E-state index contributed by atoms with van der Waals surface area (Å²) in [5, 5.41) is 7.39. The fraction of sp³-hybridized carbons (Fsp3) is 0.0545. The van der Waals surface area contributed by atoms with Crippen LogP contribution in [0.2, 0.25) is 0 Å². The van der Waals surface area contributed by atoms with Gasteiger partial charge in [0.2, 0.25) is 0 Å². The van der Waals surface area contributed by atoms with Crippen molar-refractivity contribution >= 4 is 32.3 Å². The summed E-state index contributed by atoms with van der Waals surface area (Å²) in [4.78, 5) is 10.4. The predicted molar refractivity (Wildman–Crippen MR) is 239 cm³/mol. The minimum Gasteiger partial charge on any atom is -0.228 e. The number of rotatable bonds is 5. The fourth-order valence-electron chi connectivity index (χ4n) is 9.45.